The Morgan fingerprint density at radius 2 is 2.00 bits per heavy atom. The molecular formula is C17H22FN5O2. The molecule has 0 aliphatic carbocycles. The van der Waals surface area contributed by atoms with Crippen molar-refractivity contribution in [1.29, 1.82) is 5.26 Å². The molecule has 1 heterocycles. The highest BCUT2D eigenvalue weighted by Crippen LogP contribution is 2.21. The Balaban J connectivity index is 1.81. The molecule has 0 radical (unpaired) electrons. The number of urea groups is 1. The molecule has 0 spiro atoms. The maximum atomic E-state index is 14.1. The predicted octanol–water partition coefficient (Wildman–Crippen LogP) is 1.06. The number of hydrogen-bond donors (Lipinski definition) is 2. The monoisotopic (exact) mass is 347 g/mol. The third kappa shape index (κ3) is 5.43. The first-order valence-corrected chi connectivity index (χ1v) is 8.28. The third-order valence-electron chi connectivity index (χ3n) is 3.95. The molecule has 2 rings (SSSR count). The summed E-state index contributed by atoms with van der Waals surface area (Å²) in [5.74, 6) is -0.774. The molecular weight excluding hydrogens is 325 g/mol. The number of anilines is 1. The van der Waals surface area contributed by atoms with Gasteiger partial charge in [0.25, 0.3) is 0 Å². The van der Waals surface area contributed by atoms with Crippen molar-refractivity contribution < 1.29 is 14.0 Å². The van der Waals surface area contributed by atoms with Crippen molar-refractivity contribution in [2.24, 2.45) is 0 Å². The molecule has 1 saturated heterocycles. The Hall–Kier alpha value is -2.66. The van der Waals surface area contributed by atoms with Crippen LogP contribution in [0.15, 0.2) is 18.2 Å². The summed E-state index contributed by atoms with van der Waals surface area (Å²) in [6.45, 7) is 4.89. The highest BCUT2D eigenvalue weighted by Gasteiger charge is 2.21. The van der Waals surface area contributed by atoms with Gasteiger partial charge in [-0.05, 0) is 24.6 Å². The molecule has 25 heavy (non-hydrogen) atoms. The highest BCUT2D eigenvalue weighted by molar-refractivity contribution is 5.95. The number of nitriles is 1. The number of nitrogens with one attached hydrogen (secondary N) is 2. The van der Waals surface area contributed by atoms with Gasteiger partial charge in [-0.3, -0.25) is 15.0 Å². The molecule has 2 N–H and O–H groups in total. The fraction of sp³-hybridized carbons (Fsp3) is 0.471. The maximum absolute atomic E-state index is 14.1. The van der Waals surface area contributed by atoms with Crippen molar-refractivity contribution in [1.82, 2.24) is 15.5 Å². The summed E-state index contributed by atoms with van der Waals surface area (Å²) in [7, 11) is 0. The van der Waals surface area contributed by atoms with Gasteiger partial charge in [-0.2, -0.15) is 5.26 Å². The first-order chi connectivity index (χ1) is 12.0. The number of halogens is 1. The number of piperazine rings is 1. The van der Waals surface area contributed by atoms with Crippen LogP contribution in [0.1, 0.15) is 18.9 Å². The van der Waals surface area contributed by atoms with Crippen molar-refractivity contribution in [3.05, 3.63) is 29.6 Å². The zero-order valence-corrected chi connectivity index (χ0v) is 14.2. The van der Waals surface area contributed by atoms with Gasteiger partial charge in [0.05, 0.1) is 23.9 Å². The molecule has 1 aromatic rings. The highest BCUT2D eigenvalue weighted by atomic mass is 19.1. The Labute approximate surface area is 146 Å². The van der Waals surface area contributed by atoms with E-state index < -0.39 is 11.8 Å². The SMILES string of the molecule is CCCNC(=O)NC(=O)CN1CCN(c2ccc(C#N)cc2F)CC1. The van der Waals surface area contributed by atoms with Crippen LogP contribution in [-0.4, -0.2) is 56.1 Å². The molecule has 0 saturated carbocycles. The lowest BCUT2D eigenvalue weighted by molar-refractivity contribution is -0.121. The maximum Gasteiger partial charge on any atom is 0.321 e. The van der Waals surface area contributed by atoms with E-state index in [1.807, 2.05) is 22.8 Å². The van der Waals surface area contributed by atoms with E-state index >= 15 is 0 Å². The molecule has 8 heteroatoms. The van der Waals surface area contributed by atoms with Gasteiger partial charge in [0.15, 0.2) is 0 Å². The first kappa shape index (κ1) is 18.7. The normalized spacial score (nSPS) is 14.7. The number of benzene rings is 1. The van der Waals surface area contributed by atoms with Crippen LogP contribution in [0.5, 0.6) is 0 Å². The van der Waals surface area contributed by atoms with E-state index in [1.165, 1.54) is 6.07 Å². The van der Waals surface area contributed by atoms with Crippen molar-refractivity contribution in [2.45, 2.75) is 13.3 Å². The molecule has 0 bridgehead atoms. The van der Waals surface area contributed by atoms with Gasteiger partial charge in [-0.15, -0.1) is 0 Å². The second-order valence-corrected chi connectivity index (χ2v) is 5.85. The Morgan fingerprint density at radius 1 is 1.28 bits per heavy atom. The Bertz CT molecular complexity index is 665. The summed E-state index contributed by atoms with van der Waals surface area (Å²) in [6.07, 6.45) is 0.801. The van der Waals surface area contributed by atoms with E-state index in [0.717, 1.165) is 6.42 Å². The predicted molar refractivity (Wildman–Crippen MR) is 91.6 cm³/mol. The molecule has 0 atom stereocenters. The van der Waals surface area contributed by atoms with Crippen LogP contribution in [0, 0.1) is 17.1 Å². The van der Waals surface area contributed by atoms with Crippen LogP contribution >= 0.6 is 0 Å². The molecule has 1 aromatic carbocycles. The lowest BCUT2D eigenvalue weighted by atomic mass is 10.2. The van der Waals surface area contributed by atoms with Crippen LogP contribution in [0.25, 0.3) is 0 Å². The van der Waals surface area contributed by atoms with Crippen molar-refractivity contribution in [2.75, 3.05) is 44.2 Å². The van der Waals surface area contributed by atoms with Gasteiger partial charge >= 0.3 is 6.03 Å². The van der Waals surface area contributed by atoms with Gasteiger partial charge in [0, 0.05) is 32.7 Å². The van der Waals surface area contributed by atoms with Gasteiger partial charge in [-0.25, -0.2) is 9.18 Å². The minimum absolute atomic E-state index is 0.128. The summed E-state index contributed by atoms with van der Waals surface area (Å²) >= 11 is 0. The van der Waals surface area contributed by atoms with Crippen molar-refractivity contribution >= 4 is 17.6 Å². The second-order valence-electron chi connectivity index (χ2n) is 5.85. The molecule has 7 nitrogen and oxygen atoms in total. The summed E-state index contributed by atoms with van der Waals surface area (Å²) in [4.78, 5) is 27.1. The van der Waals surface area contributed by atoms with E-state index in [2.05, 4.69) is 10.6 Å². The number of imide groups is 1. The number of hydrogen-bond acceptors (Lipinski definition) is 5. The summed E-state index contributed by atoms with van der Waals surface area (Å²) < 4.78 is 14.1. The number of carbonyl (C=O) groups excluding carboxylic acids is 2. The van der Waals surface area contributed by atoms with Crippen molar-refractivity contribution in [3.8, 4) is 6.07 Å². The van der Waals surface area contributed by atoms with Crippen molar-refractivity contribution in [3.63, 3.8) is 0 Å². The number of amides is 3. The third-order valence-corrected chi connectivity index (χ3v) is 3.95. The number of rotatable bonds is 5. The van der Waals surface area contributed by atoms with Crippen LogP contribution in [0.4, 0.5) is 14.9 Å². The minimum Gasteiger partial charge on any atom is -0.367 e. The van der Waals surface area contributed by atoms with E-state index in [0.29, 0.717) is 38.4 Å². The average Bonchev–Trinajstić information content (AvgIpc) is 2.60. The largest absolute Gasteiger partial charge is 0.367 e. The van der Waals surface area contributed by atoms with E-state index in [4.69, 9.17) is 5.26 Å². The molecule has 1 aliphatic heterocycles. The summed E-state index contributed by atoms with van der Waals surface area (Å²) in [6, 6.07) is 5.85. The van der Waals surface area contributed by atoms with Crippen LogP contribution in [0.2, 0.25) is 0 Å². The number of nitrogens with zero attached hydrogens (tertiary/aromatic N) is 3. The summed E-state index contributed by atoms with van der Waals surface area (Å²) in [5.41, 5.74) is 0.750. The molecule has 1 aliphatic rings. The fourth-order valence-electron chi connectivity index (χ4n) is 2.63. The minimum atomic E-state index is -0.481. The lowest BCUT2D eigenvalue weighted by Gasteiger charge is -2.35. The van der Waals surface area contributed by atoms with Crippen LogP contribution in [-0.2, 0) is 4.79 Å². The van der Waals surface area contributed by atoms with Gasteiger partial charge < -0.3 is 10.2 Å². The topological polar surface area (TPSA) is 88.5 Å². The Kier molecular flexibility index (Phi) is 6.71. The lowest BCUT2D eigenvalue weighted by Crippen LogP contribution is -2.51. The first-order valence-electron chi connectivity index (χ1n) is 8.28. The van der Waals surface area contributed by atoms with E-state index in [9.17, 15) is 14.0 Å². The Morgan fingerprint density at radius 3 is 2.60 bits per heavy atom. The fourth-order valence-corrected chi connectivity index (χ4v) is 2.63. The smallest absolute Gasteiger partial charge is 0.321 e. The average molecular weight is 347 g/mol. The number of carbonyl (C=O) groups is 2. The standard InChI is InChI=1S/C17H22FN5O2/c1-2-5-20-17(25)21-16(24)12-22-6-8-23(9-7-22)15-4-3-13(11-19)10-14(15)18/h3-4,10H,2,5-9,12H2,1H3,(H2,20,21,24,25). The van der Waals surface area contributed by atoms with Crippen LogP contribution < -0.4 is 15.5 Å². The molecule has 0 unspecified atom stereocenters. The van der Waals surface area contributed by atoms with Gasteiger partial charge in [0.2, 0.25) is 5.91 Å². The van der Waals surface area contributed by atoms with Gasteiger partial charge in [0.1, 0.15) is 5.82 Å². The molecule has 1 fully saturated rings. The van der Waals surface area contributed by atoms with Crippen LogP contribution in [0.3, 0.4) is 0 Å². The quantitative estimate of drug-likeness (QED) is 0.831. The van der Waals surface area contributed by atoms with Gasteiger partial charge in [-0.1, -0.05) is 6.92 Å². The zero-order valence-electron chi connectivity index (χ0n) is 14.2. The molecule has 3 amide bonds. The second kappa shape index (κ2) is 8.99. The van der Waals surface area contributed by atoms with E-state index in [-0.39, 0.29) is 18.0 Å². The zero-order chi connectivity index (χ0) is 18.2. The van der Waals surface area contributed by atoms with E-state index in [1.54, 1.807) is 12.1 Å². The molecule has 134 valence electrons. The molecule has 0 aromatic heterocycles. The summed E-state index contributed by atoms with van der Waals surface area (Å²) in [5, 5.41) is 13.7.